The molecule has 0 aliphatic rings. The highest BCUT2D eigenvalue weighted by atomic mass is 32.2. The van der Waals surface area contributed by atoms with Gasteiger partial charge in [0, 0.05) is 11.7 Å². The van der Waals surface area contributed by atoms with Crippen molar-refractivity contribution in [3.05, 3.63) is 0 Å². The predicted molar refractivity (Wildman–Crippen MR) is 125 cm³/mol. The van der Waals surface area contributed by atoms with Gasteiger partial charge in [-0.15, -0.1) is 11.8 Å². The number of rotatable bonds is 16. The van der Waals surface area contributed by atoms with E-state index in [-0.39, 0.29) is 30.5 Å². The second-order valence-electron chi connectivity index (χ2n) is 9.43. The maximum absolute atomic E-state index is 12.6. The molecule has 0 aromatic carbocycles. The standard InChI is InChI=1S/C23H37F3O9S/c1-7-22(6,19(30)32-9-8-23(24,25)26)13-21(4,5)18(29)33-10-17(28)11-34-20(31)35-14-36-12-15(2)16(3)27/h15,17,28H,7-14H2,1-6H3. The Morgan fingerprint density at radius 3 is 2.06 bits per heavy atom. The molecule has 0 aromatic heterocycles. The van der Waals surface area contributed by atoms with Gasteiger partial charge >= 0.3 is 24.3 Å². The van der Waals surface area contributed by atoms with Crippen molar-refractivity contribution < 1.29 is 56.4 Å². The van der Waals surface area contributed by atoms with Gasteiger partial charge in [-0.3, -0.25) is 14.4 Å². The van der Waals surface area contributed by atoms with Gasteiger partial charge in [-0.2, -0.15) is 13.2 Å². The lowest BCUT2D eigenvalue weighted by atomic mass is 9.72. The van der Waals surface area contributed by atoms with Gasteiger partial charge in [0.15, 0.2) is 0 Å². The summed E-state index contributed by atoms with van der Waals surface area (Å²) < 4.78 is 56.4. The van der Waals surface area contributed by atoms with E-state index < -0.39 is 67.4 Å². The van der Waals surface area contributed by atoms with Crippen LogP contribution in [-0.4, -0.2) is 72.8 Å². The summed E-state index contributed by atoms with van der Waals surface area (Å²) in [4.78, 5) is 47.6. The first-order valence-electron chi connectivity index (χ1n) is 11.4. The molecule has 0 radical (unpaired) electrons. The zero-order valence-corrected chi connectivity index (χ0v) is 22.4. The molecule has 210 valence electrons. The number of aliphatic hydroxyl groups is 1. The summed E-state index contributed by atoms with van der Waals surface area (Å²) in [6, 6.07) is 0. The van der Waals surface area contributed by atoms with Crippen LogP contribution in [0.4, 0.5) is 18.0 Å². The van der Waals surface area contributed by atoms with Crippen LogP contribution < -0.4 is 0 Å². The third kappa shape index (κ3) is 13.9. The number of esters is 2. The SMILES string of the molecule is CCC(C)(CC(C)(C)C(=O)OCC(O)COC(=O)OCSCC(C)C(C)=O)C(=O)OCCC(F)(F)F. The molecule has 1 N–H and O–H groups in total. The molecule has 13 heteroatoms. The second-order valence-corrected chi connectivity index (χ2v) is 10.4. The highest BCUT2D eigenvalue weighted by molar-refractivity contribution is 7.99. The Labute approximate surface area is 213 Å². The van der Waals surface area contributed by atoms with Crippen molar-refractivity contribution in [3.8, 4) is 0 Å². The highest BCUT2D eigenvalue weighted by Gasteiger charge is 2.43. The molecule has 0 rings (SSSR count). The molecule has 3 unspecified atom stereocenters. The average Bonchev–Trinajstić information content (AvgIpc) is 2.77. The molecule has 0 bridgehead atoms. The van der Waals surface area contributed by atoms with E-state index in [1.807, 2.05) is 0 Å². The smallest absolute Gasteiger partial charge is 0.465 e. The third-order valence-corrected chi connectivity index (χ3v) is 6.42. The van der Waals surface area contributed by atoms with Crippen molar-refractivity contribution in [3.63, 3.8) is 0 Å². The van der Waals surface area contributed by atoms with Crippen LogP contribution in [0.3, 0.4) is 0 Å². The maximum Gasteiger partial charge on any atom is 0.509 e. The van der Waals surface area contributed by atoms with Crippen molar-refractivity contribution in [2.45, 2.75) is 73.1 Å². The van der Waals surface area contributed by atoms with E-state index in [1.54, 1.807) is 13.8 Å². The van der Waals surface area contributed by atoms with Gasteiger partial charge in [0.25, 0.3) is 0 Å². The topological polar surface area (TPSA) is 125 Å². The molecule has 0 aliphatic carbocycles. The predicted octanol–water partition coefficient (Wildman–Crippen LogP) is 4.29. The molecule has 9 nitrogen and oxygen atoms in total. The molecule has 0 heterocycles. The first-order valence-corrected chi connectivity index (χ1v) is 12.6. The van der Waals surface area contributed by atoms with Gasteiger partial charge in [-0.1, -0.05) is 13.8 Å². The van der Waals surface area contributed by atoms with E-state index in [0.29, 0.717) is 5.75 Å². The van der Waals surface area contributed by atoms with Crippen molar-refractivity contribution in [1.82, 2.24) is 0 Å². The Bertz CT molecular complexity index is 743. The second kappa shape index (κ2) is 15.3. The van der Waals surface area contributed by atoms with Gasteiger partial charge in [0.1, 0.15) is 31.0 Å². The molecular formula is C23H37F3O9S. The van der Waals surface area contributed by atoms with Crippen molar-refractivity contribution >= 4 is 35.6 Å². The van der Waals surface area contributed by atoms with Crippen molar-refractivity contribution in [2.24, 2.45) is 16.7 Å². The Morgan fingerprint density at radius 1 is 0.944 bits per heavy atom. The van der Waals surface area contributed by atoms with Crippen LogP contribution in [0.1, 0.15) is 60.8 Å². The number of Topliss-reactive ketones (excluding diaryl/α,β-unsaturated/α-hetero) is 1. The van der Waals surface area contributed by atoms with Crippen LogP contribution in [-0.2, 0) is 33.3 Å². The fraction of sp³-hybridized carbons (Fsp3) is 0.826. The Morgan fingerprint density at radius 2 is 1.53 bits per heavy atom. The number of hydrogen-bond acceptors (Lipinski definition) is 10. The van der Waals surface area contributed by atoms with Crippen LogP contribution in [0.2, 0.25) is 0 Å². The highest BCUT2D eigenvalue weighted by Crippen LogP contribution is 2.38. The number of hydrogen-bond donors (Lipinski definition) is 1. The summed E-state index contributed by atoms with van der Waals surface area (Å²) in [5.41, 5.74) is -2.47. The lowest BCUT2D eigenvalue weighted by Gasteiger charge is -2.33. The van der Waals surface area contributed by atoms with Crippen molar-refractivity contribution in [2.75, 3.05) is 31.5 Å². The van der Waals surface area contributed by atoms with E-state index in [0.717, 1.165) is 0 Å². The number of thioether (sulfide) groups is 1. The number of carbonyl (C=O) groups is 4. The summed E-state index contributed by atoms with van der Waals surface area (Å²) >= 11 is 1.22. The minimum Gasteiger partial charge on any atom is -0.465 e. The van der Waals surface area contributed by atoms with Gasteiger partial charge < -0.3 is 24.1 Å². The molecule has 0 fully saturated rings. The lowest BCUT2D eigenvalue weighted by Crippen LogP contribution is -2.39. The van der Waals surface area contributed by atoms with Gasteiger partial charge in [0.05, 0.1) is 23.9 Å². The minimum absolute atomic E-state index is 0.0195. The van der Waals surface area contributed by atoms with Gasteiger partial charge in [-0.05, 0) is 40.5 Å². The molecule has 36 heavy (non-hydrogen) atoms. The van der Waals surface area contributed by atoms with Crippen molar-refractivity contribution in [1.29, 1.82) is 0 Å². The quantitative estimate of drug-likeness (QED) is 0.130. The van der Waals surface area contributed by atoms with Gasteiger partial charge in [-0.25, -0.2) is 4.79 Å². The molecule has 0 spiro atoms. The number of alkyl halides is 3. The minimum atomic E-state index is -4.46. The van der Waals surface area contributed by atoms with E-state index in [4.69, 9.17) is 18.9 Å². The van der Waals surface area contributed by atoms with E-state index in [9.17, 15) is 37.5 Å². The zero-order chi connectivity index (χ0) is 28.2. The number of halogens is 3. The Hall–Kier alpha value is -2.02. The molecule has 0 saturated carbocycles. The lowest BCUT2D eigenvalue weighted by molar-refractivity contribution is -0.171. The molecular weight excluding hydrogens is 509 g/mol. The first kappa shape index (κ1) is 34.0. The number of aliphatic hydroxyl groups excluding tert-OH is 1. The fourth-order valence-corrected chi connectivity index (χ4v) is 3.74. The Kier molecular flexibility index (Phi) is 14.4. The number of carbonyl (C=O) groups excluding carboxylic acids is 4. The van der Waals surface area contributed by atoms with Crippen LogP contribution in [0.25, 0.3) is 0 Å². The third-order valence-electron chi connectivity index (χ3n) is 5.40. The fourth-order valence-electron chi connectivity index (χ4n) is 2.88. The molecule has 0 amide bonds. The largest absolute Gasteiger partial charge is 0.509 e. The monoisotopic (exact) mass is 546 g/mol. The summed E-state index contributed by atoms with van der Waals surface area (Å²) in [7, 11) is 0. The van der Waals surface area contributed by atoms with Gasteiger partial charge in [0.2, 0.25) is 0 Å². The molecule has 0 aromatic rings. The summed E-state index contributed by atoms with van der Waals surface area (Å²) in [5.74, 6) is -1.33. The van der Waals surface area contributed by atoms with E-state index in [2.05, 4.69) is 0 Å². The molecule has 3 atom stereocenters. The Balaban J connectivity index is 4.53. The summed E-state index contributed by atoms with van der Waals surface area (Å²) in [5, 5.41) is 9.93. The summed E-state index contributed by atoms with van der Waals surface area (Å²) in [6.45, 7) is 7.54. The summed E-state index contributed by atoms with van der Waals surface area (Å²) in [6.07, 6.45) is -7.96. The number of ketones is 1. The van der Waals surface area contributed by atoms with E-state index >= 15 is 0 Å². The van der Waals surface area contributed by atoms with Crippen LogP contribution in [0.5, 0.6) is 0 Å². The van der Waals surface area contributed by atoms with Crippen LogP contribution in [0, 0.1) is 16.7 Å². The molecule has 0 saturated heterocycles. The number of ether oxygens (including phenoxy) is 4. The molecule has 0 aliphatic heterocycles. The average molecular weight is 547 g/mol. The van der Waals surface area contributed by atoms with Crippen LogP contribution >= 0.6 is 11.8 Å². The maximum atomic E-state index is 12.6. The van der Waals surface area contributed by atoms with Crippen LogP contribution in [0.15, 0.2) is 0 Å². The van der Waals surface area contributed by atoms with E-state index in [1.165, 1.54) is 39.5 Å². The zero-order valence-electron chi connectivity index (χ0n) is 21.6. The normalized spacial score (nSPS) is 15.3. The first-order chi connectivity index (χ1) is 16.4.